The van der Waals surface area contributed by atoms with E-state index in [9.17, 15) is 45.0 Å². The van der Waals surface area contributed by atoms with Gasteiger partial charge in [-0.1, -0.05) is 38.5 Å². The lowest BCUT2D eigenvalue weighted by atomic mass is 9.79. The van der Waals surface area contributed by atoms with Crippen LogP contribution in [0.3, 0.4) is 0 Å². The highest BCUT2D eigenvalue weighted by atomic mass is 16.7. The fraction of sp³-hybridized carbons (Fsp3) is 0.811. The number of hydrogen-bond donors (Lipinski definition) is 6. The van der Waals surface area contributed by atoms with Crippen molar-refractivity contribution in [3.63, 3.8) is 0 Å². The molecular weight excluding hydrogens is 682 g/mol. The van der Waals surface area contributed by atoms with Gasteiger partial charge in [-0.2, -0.15) is 0 Å². The van der Waals surface area contributed by atoms with Gasteiger partial charge in [0.1, 0.15) is 36.8 Å². The van der Waals surface area contributed by atoms with Crippen LogP contribution in [0, 0.1) is 23.7 Å². The number of ketones is 1. The summed E-state index contributed by atoms with van der Waals surface area (Å²) in [7, 11) is 3.40. The molecule has 0 amide bonds. The van der Waals surface area contributed by atoms with Crippen LogP contribution in [0.15, 0.2) is 23.8 Å². The van der Waals surface area contributed by atoms with Crippen LogP contribution < -0.4 is 0 Å². The van der Waals surface area contributed by atoms with Crippen LogP contribution in [-0.4, -0.2) is 154 Å². The van der Waals surface area contributed by atoms with E-state index < -0.39 is 116 Å². The fourth-order valence-electron chi connectivity index (χ4n) is 7.27. The highest BCUT2D eigenvalue weighted by Crippen LogP contribution is 2.34. The molecule has 0 radical (unpaired) electrons. The van der Waals surface area contributed by atoms with Crippen LogP contribution in [0.4, 0.5) is 0 Å². The summed E-state index contributed by atoms with van der Waals surface area (Å²) in [4.78, 5) is 40.5. The van der Waals surface area contributed by atoms with Crippen molar-refractivity contribution in [3.05, 3.63) is 23.8 Å². The van der Waals surface area contributed by atoms with E-state index >= 15 is 0 Å². The van der Waals surface area contributed by atoms with Gasteiger partial charge in [0.25, 0.3) is 0 Å². The average molecular weight is 744 g/mol. The van der Waals surface area contributed by atoms with Gasteiger partial charge < -0.3 is 64.0 Å². The molecule has 15 nitrogen and oxygen atoms in total. The van der Waals surface area contributed by atoms with Gasteiger partial charge in [0.2, 0.25) is 0 Å². The largest absolute Gasteiger partial charge is 0.462 e. The second kappa shape index (κ2) is 20.0. The van der Waals surface area contributed by atoms with Gasteiger partial charge in [0, 0.05) is 24.2 Å². The number of ether oxygens (including phenoxy) is 5. The van der Waals surface area contributed by atoms with Crippen LogP contribution in [0.1, 0.15) is 67.2 Å². The SMILES string of the molecule is CC[C@H]1OC(=O)C[C@@H](O)[C@H](C)[C@@H](O[C@@H]2O[C@H](C)[C@@H](O)[C@H](N(C)C)[C@H]2O)[C@@H](CC=O)C[C@@H](C)C(=O)/C=C/C(C)=C/[C@@H]1CO[C@@H]1O[C@H](C)[C@@H](O)[C@@H](O)[C@H]1O. The van der Waals surface area contributed by atoms with Crippen LogP contribution in [0.25, 0.3) is 0 Å². The van der Waals surface area contributed by atoms with E-state index in [1.807, 2.05) is 0 Å². The van der Waals surface area contributed by atoms with Crippen molar-refractivity contribution in [2.45, 2.75) is 147 Å². The molecule has 0 aromatic carbocycles. The molecule has 0 saturated carbocycles. The van der Waals surface area contributed by atoms with Gasteiger partial charge in [0.15, 0.2) is 18.4 Å². The second-order valence-electron chi connectivity index (χ2n) is 14.9. The molecule has 0 spiro atoms. The van der Waals surface area contributed by atoms with Gasteiger partial charge in [-0.25, -0.2) is 0 Å². The predicted molar refractivity (Wildman–Crippen MR) is 186 cm³/mol. The highest BCUT2D eigenvalue weighted by Gasteiger charge is 2.47. The molecule has 0 aromatic heterocycles. The molecule has 0 unspecified atom stereocenters. The number of cyclic esters (lactones) is 1. The summed E-state index contributed by atoms with van der Waals surface area (Å²) in [5.41, 5.74) is 0.638. The fourth-order valence-corrected chi connectivity index (χ4v) is 7.27. The molecule has 6 N–H and O–H groups in total. The minimum Gasteiger partial charge on any atom is -0.462 e. The van der Waals surface area contributed by atoms with Crippen molar-refractivity contribution < 1.29 is 68.7 Å². The molecule has 2 fully saturated rings. The summed E-state index contributed by atoms with van der Waals surface area (Å²) in [6, 6.07) is -0.752. The van der Waals surface area contributed by atoms with Gasteiger partial charge in [-0.15, -0.1) is 0 Å². The Morgan fingerprint density at radius 3 is 2.13 bits per heavy atom. The van der Waals surface area contributed by atoms with E-state index in [4.69, 9.17) is 23.7 Å². The molecule has 15 heteroatoms. The number of likely N-dealkylation sites (N-methyl/N-ethyl adjacent to an activating group) is 1. The predicted octanol–water partition coefficient (Wildman–Crippen LogP) is 0.254. The van der Waals surface area contributed by atoms with Gasteiger partial charge >= 0.3 is 5.97 Å². The summed E-state index contributed by atoms with van der Waals surface area (Å²) in [6.07, 6.45) is -8.40. The molecule has 52 heavy (non-hydrogen) atoms. The van der Waals surface area contributed by atoms with Crippen LogP contribution >= 0.6 is 0 Å². The molecule has 0 bridgehead atoms. The Balaban J connectivity index is 1.95. The van der Waals surface area contributed by atoms with Gasteiger partial charge in [0.05, 0.1) is 49.6 Å². The molecule has 17 atom stereocenters. The zero-order valence-electron chi connectivity index (χ0n) is 31.6. The minimum atomic E-state index is -1.54. The smallest absolute Gasteiger partial charge is 0.308 e. The first kappa shape index (κ1) is 44.2. The van der Waals surface area contributed by atoms with Gasteiger partial charge in [-0.05, 0) is 59.7 Å². The number of allylic oxidation sites excluding steroid dienone is 3. The maximum Gasteiger partial charge on any atom is 0.308 e. The molecule has 3 aliphatic heterocycles. The first-order valence-electron chi connectivity index (χ1n) is 18.3. The second-order valence-corrected chi connectivity index (χ2v) is 14.9. The molecule has 3 rings (SSSR count). The monoisotopic (exact) mass is 743 g/mol. The number of carbonyl (C=O) groups excluding carboxylic acids is 3. The number of rotatable bonds is 9. The van der Waals surface area contributed by atoms with E-state index in [0.29, 0.717) is 18.3 Å². The Bertz CT molecular complexity index is 1230. The molecule has 3 aliphatic rings. The molecule has 0 aliphatic carbocycles. The van der Waals surface area contributed by atoms with Gasteiger partial charge in [-0.3, -0.25) is 9.59 Å². The number of aliphatic hydroxyl groups excluding tert-OH is 6. The standard InChI is InChI=1S/C37H61NO14/c1-9-27-24(17-48-36-34(47)33(46)31(44)22(6)49-36)14-18(2)10-11-25(40)19(3)15-23(12-13-39)35(20(4)26(41)16-28(42)51-27)52-37-32(45)29(38(7)8)30(43)21(5)50-37/h10-11,13-14,19-24,26-27,29-37,41,43-47H,9,12,15-17H2,1-8H3/b11-10+,18-14+/t19-,20+,21-,22-,23+,24-,26-,27-,29+,30-,31-,32-,33-,34-,35-,36-,37+/m1/s1. The first-order valence-corrected chi connectivity index (χ1v) is 18.3. The maximum absolute atomic E-state index is 13.4. The lowest BCUT2D eigenvalue weighted by Crippen LogP contribution is -2.63. The van der Waals surface area contributed by atoms with Crippen LogP contribution in [0.5, 0.6) is 0 Å². The van der Waals surface area contributed by atoms with E-state index in [2.05, 4.69) is 0 Å². The first-order chi connectivity index (χ1) is 24.4. The maximum atomic E-state index is 13.4. The number of esters is 1. The Morgan fingerprint density at radius 1 is 0.885 bits per heavy atom. The Labute approximate surface area is 306 Å². The Morgan fingerprint density at radius 2 is 1.52 bits per heavy atom. The summed E-state index contributed by atoms with van der Waals surface area (Å²) >= 11 is 0. The quantitative estimate of drug-likeness (QED) is 0.138. The number of hydrogen-bond acceptors (Lipinski definition) is 15. The third-order valence-electron chi connectivity index (χ3n) is 10.6. The zero-order valence-corrected chi connectivity index (χ0v) is 31.6. The van der Waals surface area contributed by atoms with Crippen molar-refractivity contribution in [2.75, 3.05) is 20.7 Å². The number of aliphatic hydroxyl groups is 6. The van der Waals surface area contributed by atoms with Crippen molar-refractivity contribution in [2.24, 2.45) is 23.7 Å². The van der Waals surface area contributed by atoms with Crippen LogP contribution in [-0.2, 0) is 38.1 Å². The molecule has 2 saturated heterocycles. The number of carbonyl (C=O) groups is 3. The van der Waals surface area contributed by atoms with E-state index in [1.165, 1.54) is 13.0 Å². The van der Waals surface area contributed by atoms with Crippen molar-refractivity contribution in [1.29, 1.82) is 0 Å². The average Bonchev–Trinajstić information content (AvgIpc) is 3.08. The Hall–Kier alpha value is -2.15. The van der Waals surface area contributed by atoms with E-state index in [0.717, 1.165) is 0 Å². The van der Waals surface area contributed by atoms with Crippen molar-refractivity contribution in [1.82, 2.24) is 4.90 Å². The molecule has 298 valence electrons. The van der Waals surface area contributed by atoms with E-state index in [1.54, 1.807) is 65.8 Å². The Kier molecular flexibility index (Phi) is 17.0. The topological polar surface area (TPSA) is 222 Å². The summed E-state index contributed by atoms with van der Waals surface area (Å²) in [6.45, 7) is 9.96. The lowest BCUT2D eigenvalue weighted by molar-refractivity contribution is -0.304. The third-order valence-corrected chi connectivity index (χ3v) is 10.6. The van der Waals surface area contributed by atoms with Crippen LogP contribution in [0.2, 0.25) is 0 Å². The third kappa shape index (κ3) is 11.2. The lowest BCUT2D eigenvalue weighted by Gasteiger charge is -2.46. The van der Waals surface area contributed by atoms with Crippen molar-refractivity contribution >= 4 is 18.0 Å². The van der Waals surface area contributed by atoms with E-state index in [-0.39, 0.29) is 25.2 Å². The molecule has 3 heterocycles. The minimum absolute atomic E-state index is 0.0434. The summed E-state index contributed by atoms with van der Waals surface area (Å²) in [5, 5.41) is 64.3. The van der Waals surface area contributed by atoms with Crippen molar-refractivity contribution in [3.8, 4) is 0 Å². The highest BCUT2D eigenvalue weighted by molar-refractivity contribution is 5.91. The summed E-state index contributed by atoms with van der Waals surface area (Å²) < 4.78 is 29.6. The number of nitrogens with zero attached hydrogens (tertiary/aromatic N) is 1. The zero-order chi connectivity index (χ0) is 39.0. The number of aldehydes is 1. The normalized spacial score (nSPS) is 44.8. The molecule has 0 aromatic rings. The molecular formula is C37H61NO14. The summed E-state index contributed by atoms with van der Waals surface area (Å²) in [5.74, 6) is -3.62.